The topological polar surface area (TPSA) is 9.23 Å². The molecule has 0 N–H and O–H groups in total. The van der Waals surface area contributed by atoms with Crippen molar-refractivity contribution in [3.8, 4) is 0 Å². The van der Waals surface area contributed by atoms with E-state index in [-0.39, 0.29) is 0 Å². The van der Waals surface area contributed by atoms with E-state index in [0.29, 0.717) is 22.2 Å². The van der Waals surface area contributed by atoms with Crippen LogP contribution >= 0.6 is 12.6 Å². The van der Waals surface area contributed by atoms with Crippen LogP contribution in [0.15, 0.2) is 0 Å². The Morgan fingerprint density at radius 3 is 2.23 bits per heavy atom. The number of hydrogen-bond acceptors (Lipinski definition) is 2. The van der Waals surface area contributed by atoms with Gasteiger partial charge in [-0.25, -0.2) is 0 Å². The summed E-state index contributed by atoms with van der Waals surface area (Å²) in [6, 6.07) is 0. The Morgan fingerprint density at radius 2 is 1.92 bits per heavy atom. The molecule has 2 bridgehead atoms. The quantitative estimate of drug-likeness (QED) is 0.640. The minimum Gasteiger partial charge on any atom is -0.380 e. The van der Waals surface area contributed by atoms with E-state index in [9.17, 15) is 0 Å². The molecule has 0 amide bonds. The van der Waals surface area contributed by atoms with E-state index in [1.54, 1.807) is 0 Å². The van der Waals surface area contributed by atoms with Crippen LogP contribution in [0.25, 0.3) is 0 Å². The molecule has 0 radical (unpaired) electrons. The maximum atomic E-state index is 5.62. The van der Waals surface area contributed by atoms with Crippen molar-refractivity contribution in [3.63, 3.8) is 0 Å². The molecule has 2 rings (SSSR count). The molecule has 2 aliphatic carbocycles. The Balaban J connectivity index is 2.40. The molecule has 0 heterocycles. The Hall–Kier alpha value is 0.310. The van der Waals surface area contributed by atoms with Crippen LogP contribution in [0, 0.1) is 16.7 Å². The van der Waals surface area contributed by atoms with E-state index in [1.165, 1.54) is 12.8 Å². The minimum absolute atomic E-state index is 0.346. The molecular weight excluding hydrogens is 180 g/mol. The average molecular weight is 200 g/mol. The first-order valence-corrected chi connectivity index (χ1v) is 5.67. The van der Waals surface area contributed by atoms with E-state index in [2.05, 4.69) is 20.8 Å². The molecule has 0 spiro atoms. The number of ether oxygens (including phenoxy) is 1. The normalized spacial score (nSPS) is 52.8. The summed E-state index contributed by atoms with van der Waals surface area (Å²) in [5.74, 6) is 0.741. The van der Waals surface area contributed by atoms with Gasteiger partial charge in [0.15, 0.2) is 0 Å². The first-order chi connectivity index (χ1) is 5.95. The second kappa shape index (κ2) is 2.66. The third-order valence-corrected chi connectivity index (χ3v) is 5.61. The zero-order valence-electron chi connectivity index (χ0n) is 9.00. The maximum Gasteiger partial charge on any atom is 0.0748 e. The predicted octanol–water partition coefficient (Wildman–Crippen LogP) is 2.76. The SMILES string of the molecule is COC1C(S)C2CCC1(C)C2(C)C. The number of methoxy groups -OCH3 is 1. The smallest absolute Gasteiger partial charge is 0.0748 e. The molecule has 0 saturated heterocycles. The summed E-state index contributed by atoms with van der Waals surface area (Å²) in [5.41, 5.74) is 0.749. The lowest BCUT2D eigenvalue weighted by atomic mass is 9.70. The number of rotatable bonds is 1. The van der Waals surface area contributed by atoms with Gasteiger partial charge in [0.2, 0.25) is 0 Å². The fourth-order valence-electron chi connectivity index (χ4n) is 3.66. The second-order valence-corrected chi connectivity index (χ2v) is 6.03. The van der Waals surface area contributed by atoms with Crippen molar-refractivity contribution in [2.75, 3.05) is 7.11 Å². The van der Waals surface area contributed by atoms with Crippen molar-refractivity contribution in [1.82, 2.24) is 0 Å². The summed E-state index contributed by atoms with van der Waals surface area (Å²) in [6.45, 7) is 7.14. The molecule has 4 atom stereocenters. The Morgan fingerprint density at radius 1 is 1.31 bits per heavy atom. The Kier molecular flexibility index (Phi) is 2.02. The predicted molar refractivity (Wildman–Crippen MR) is 58.2 cm³/mol. The molecule has 2 fully saturated rings. The highest BCUT2D eigenvalue weighted by Gasteiger charge is 2.65. The molecule has 0 aromatic rings. The van der Waals surface area contributed by atoms with E-state index in [4.69, 9.17) is 17.4 Å². The highest BCUT2D eigenvalue weighted by atomic mass is 32.1. The monoisotopic (exact) mass is 200 g/mol. The third kappa shape index (κ3) is 0.940. The minimum atomic E-state index is 0.346. The van der Waals surface area contributed by atoms with Crippen LogP contribution in [-0.2, 0) is 4.74 Å². The van der Waals surface area contributed by atoms with Crippen LogP contribution in [0.5, 0.6) is 0 Å². The standard InChI is InChI=1S/C11H20OS/c1-10(2)7-5-6-11(10,3)9(12-4)8(7)13/h7-9,13H,5-6H2,1-4H3. The fraction of sp³-hybridized carbons (Fsp3) is 1.00. The van der Waals surface area contributed by atoms with Gasteiger partial charge in [0, 0.05) is 17.8 Å². The summed E-state index contributed by atoms with van der Waals surface area (Å²) >= 11 is 4.72. The van der Waals surface area contributed by atoms with Gasteiger partial charge in [0.05, 0.1) is 6.10 Å². The van der Waals surface area contributed by atoms with Crippen LogP contribution in [0.4, 0.5) is 0 Å². The van der Waals surface area contributed by atoms with Gasteiger partial charge in [-0.05, 0) is 24.2 Å². The van der Waals surface area contributed by atoms with Gasteiger partial charge in [-0.15, -0.1) is 0 Å². The van der Waals surface area contributed by atoms with Crippen LogP contribution in [0.3, 0.4) is 0 Å². The molecule has 2 heteroatoms. The molecule has 1 nitrogen and oxygen atoms in total. The number of fused-ring (bicyclic) bond motifs is 2. The lowest BCUT2D eigenvalue weighted by molar-refractivity contribution is -0.0174. The summed E-state index contributed by atoms with van der Waals surface area (Å²) in [6.07, 6.45) is 2.99. The van der Waals surface area contributed by atoms with Crippen LogP contribution in [0.1, 0.15) is 33.6 Å². The molecule has 4 unspecified atom stereocenters. The summed E-state index contributed by atoms with van der Waals surface area (Å²) < 4.78 is 5.62. The summed E-state index contributed by atoms with van der Waals surface area (Å²) in [7, 11) is 1.83. The zero-order chi connectivity index (χ0) is 9.85. The van der Waals surface area contributed by atoms with Crippen molar-refractivity contribution in [2.45, 2.75) is 45.0 Å². The molecule has 0 aliphatic heterocycles. The van der Waals surface area contributed by atoms with E-state index in [1.807, 2.05) is 7.11 Å². The van der Waals surface area contributed by atoms with E-state index < -0.39 is 0 Å². The first kappa shape index (κ1) is 9.85. The van der Waals surface area contributed by atoms with Crippen molar-refractivity contribution in [3.05, 3.63) is 0 Å². The van der Waals surface area contributed by atoms with Crippen LogP contribution in [0.2, 0.25) is 0 Å². The molecule has 2 aliphatic rings. The number of hydrogen-bond donors (Lipinski definition) is 1. The van der Waals surface area contributed by atoms with Gasteiger partial charge in [-0.2, -0.15) is 12.6 Å². The lowest BCUT2D eigenvalue weighted by Gasteiger charge is -2.38. The first-order valence-electron chi connectivity index (χ1n) is 5.16. The summed E-state index contributed by atoms with van der Waals surface area (Å²) in [5, 5.41) is 0.443. The molecule has 2 saturated carbocycles. The molecule has 0 aromatic heterocycles. The highest BCUT2D eigenvalue weighted by Crippen LogP contribution is 2.67. The highest BCUT2D eigenvalue weighted by molar-refractivity contribution is 7.81. The lowest BCUT2D eigenvalue weighted by Crippen LogP contribution is -2.39. The van der Waals surface area contributed by atoms with Gasteiger partial charge < -0.3 is 4.74 Å². The second-order valence-electron chi connectivity index (χ2n) is 5.43. The largest absolute Gasteiger partial charge is 0.380 e. The van der Waals surface area contributed by atoms with E-state index >= 15 is 0 Å². The third-order valence-electron chi connectivity index (χ3n) is 4.98. The van der Waals surface area contributed by atoms with Crippen LogP contribution < -0.4 is 0 Å². The van der Waals surface area contributed by atoms with E-state index in [0.717, 1.165) is 5.92 Å². The van der Waals surface area contributed by atoms with Crippen molar-refractivity contribution >= 4 is 12.6 Å². The van der Waals surface area contributed by atoms with Crippen LogP contribution in [-0.4, -0.2) is 18.5 Å². The maximum absolute atomic E-state index is 5.62. The zero-order valence-corrected chi connectivity index (χ0v) is 9.90. The van der Waals surface area contributed by atoms with Gasteiger partial charge in [-0.3, -0.25) is 0 Å². The molecule has 13 heavy (non-hydrogen) atoms. The molecule has 76 valence electrons. The molecule has 0 aromatic carbocycles. The number of thiol groups is 1. The van der Waals surface area contributed by atoms with Gasteiger partial charge in [-0.1, -0.05) is 20.8 Å². The Labute approximate surface area is 86.6 Å². The fourth-order valence-corrected chi connectivity index (χ4v) is 4.63. The average Bonchev–Trinajstić information content (AvgIpc) is 2.32. The van der Waals surface area contributed by atoms with Crippen molar-refractivity contribution in [1.29, 1.82) is 0 Å². The molecular formula is C11H20OS. The van der Waals surface area contributed by atoms with Crippen molar-refractivity contribution < 1.29 is 4.74 Å². The van der Waals surface area contributed by atoms with Gasteiger partial charge in [0.1, 0.15) is 0 Å². The summed E-state index contributed by atoms with van der Waals surface area (Å²) in [4.78, 5) is 0. The Bertz CT molecular complexity index is 226. The van der Waals surface area contributed by atoms with Gasteiger partial charge >= 0.3 is 0 Å². The van der Waals surface area contributed by atoms with Crippen molar-refractivity contribution in [2.24, 2.45) is 16.7 Å². The van der Waals surface area contributed by atoms with Gasteiger partial charge in [0.25, 0.3) is 0 Å².